The molecule has 1 aliphatic rings. The summed E-state index contributed by atoms with van der Waals surface area (Å²) in [4.78, 5) is 6.56. The average Bonchev–Trinajstić information content (AvgIpc) is 2.45. The Kier molecular flexibility index (Phi) is 5.33. The van der Waals surface area contributed by atoms with Crippen molar-refractivity contribution in [2.75, 3.05) is 19.6 Å². The maximum Gasteiger partial charge on any atom is 0.141 e. The highest BCUT2D eigenvalue weighted by Crippen LogP contribution is 2.34. The second-order valence-corrected chi connectivity index (χ2v) is 7.28. The summed E-state index contributed by atoms with van der Waals surface area (Å²) in [5, 5.41) is 0. The smallest absolute Gasteiger partial charge is 0.141 e. The van der Waals surface area contributed by atoms with Gasteiger partial charge < -0.3 is 10.6 Å². The van der Waals surface area contributed by atoms with E-state index in [1.807, 2.05) is 0 Å². The molecule has 118 valence electrons. The van der Waals surface area contributed by atoms with Gasteiger partial charge in [0.2, 0.25) is 0 Å². The molecule has 0 bridgehead atoms. The third kappa shape index (κ3) is 4.75. The van der Waals surface area contributed by atoms with Gasteiger partial charge in [-0.05, 0) is 62.4 Å². The molecule has 0 radical (unpaired) electrons. The van der Waals surface area contributed by atoms with E-state index in [1.165, 1.54) is 25.1 Å². The minimum atomic E-state index is -0.310. The van der Waals surface area contributed by atoms with Crippen LogP contribution in [0.15, 0.2) is 18.3 Å². The molecule has 0 amide bonds. The van der Waals surface area contributed by atoms with E-state index < -0.39 is 0 Å². The molecule has 4 heteroatoms. The van der Waals surface area contributed by atoms with Crippen molar-refractivity contribution in [3.8, 4) is 0 Å². The number of pyridine rings is 1. The maximum atomic E-state index is 12.8. The van der Waals surface area contributed by atoms with Gasteiger partial charge in [0, 0.05) is 6.04 Å². The Hall–Kier alpha value is -1.00. The normalized spacial score (nSPS) is 19.7. The van der Waals surface area contributed by atoms with Gasteiger partial charge in [-0.2, -0.15) is 0 Å². The number of rotatable bonds is 4. The second-order valence-electron chi connectivity index (χ2n) is 7.28. The lowest BCUT2D eigenvalue weighted by Crippen LogP contribution is -2.39. The number of likely N-dealkylation sites (tertiary alicyclic amines) is 1. The standard InChI is InChI=1S/C17H28FN3/c1-17(2,3)13-6-9-21(10-7-13)11-8-15(19)16-5-4-14(18)12-20-16/h4-5,12-13,15H,6-11,19H2,1-3H3. The van der Waals surface area contributed by atoms with Crippen molar-refractivity contribution in [1.82, 2.24) is 9.88 Å². The highest BCUT2D eigenvalue weighted by atomic mass is 19.1. The third-order valence-corrected chi connectivity index (χ3v) is 4.70. The van der Waals surface area contributed by atoms with Crippen LogP contribution in [0, 0.1) is 17.2 Å². The van der Waals surface area contributed by atoms with E-state index in [-0.39, 0.29) is 11.9 Å². The van der Waals surface area contributed by atoms with Crippen LogP contribution in [0.5, 0.6) is 0 Å². The van der Waals surface area contributed by atoms with Crippen LogP contribution in [0.1, 0.15) is 51.8 Å². The fourth-order valence-electron chi connectivity index (χ4n) is 3.10. The summed E-state index contributed by atoms with van der Waals surface area (Å²) in [5.41, 5.74) is 7.34. The van der Waals surface area contributed by atoms with Crippen LogP contribution in [0.25, 0.3) is 0 Å². The van der Waals surface area contributed by atoms with Gasteiger partial charge in [-0.15, -0.1) is 0 Å². The predicted molar refractivity (Wildman–Crippen MR) is 84.4 cm³/mol. The third-order valence-electron chi connectivity index (χ3n) is 4.70. The molecule has 1 unspecified atom stereocenters. The molecule has 21 heavy (non-hydrogen) atoms. The molecule has 0 saturated carbocycles. The number of hydrogen-bond donors (Lipinski definition) is 1. The topological polar surface area (TPSA) is 42.1 Å². The first-order valence-corrected chi connectivity index (χ1v) is 7.95. The first-order valence-electron chi connectivity index (χ1n) is 7.95. The summed E-state index contributed by atoms with van der Waals surface area (Å²) >= 11 is 0. The van der Waals surface area contributed by atoms with Crippen molar-refractivity contribution in [3.05, 3.63) is 29.8 Å². The maximum absolute atomic E-state index is 12.8. The van der Waals surface area contributed by atoms with Crippen LogP contribution >= 0.6 is 0 Å². The SMILES string of the molecule is CC(C)(C)C1CCN(CCC(N)c2ccc(F)cn2)CC1. The molecule has 0 aromatic carbocycles. The second kappa shape index (κ2) is 6.84. The Bertz CT molecular complexity index is 430. The van der Waals surface area contributed by atoms with Crippen LogP contribution in [0.4, 0.5) is 4.39 Å². The van der Waals surface area contributed by atoms with Crippen LogP contribution in [-0.4, -0.2) is 29.5 Å². The molecular formula is C17H28FN3. The van der Waals surface area contributed by atoms with Gasteiger partial charge in [-0.3, -0.25) is 4.98 Å². The van der Waals surface area contributed by atoms with Crippen LogP contribution < -0.4 is 5.73 Å². The Morgan fingerprint density at radius 3 is 2.52 bits per heavy atom. The lowest BCUT2D eigenvalue weighted by atomic mass is 9.75. The Labute approximate surface area is 127 Å². The van der Waals surface area contributed by atoms with Crippen LogP contribution in [-0.2, 0) is 0 Å². The highest BCUT2D eigenvalue weighted by Gasteiger charge is 2.28. The zero-order chi connectivity index (χ0) is 15.5. The summed E-state index contributed by atoms with van der Waals surface area (Å²) in [5.74, 6) is 0.511. The van der Waals surface area contributed by atoms with E-state index in [4.69, 9.17) is 5.73 Å². The molecule has 1 atom stereocenters. The van der Waals surface area contributed by atoms with Gasteiger partial charge in [0.1, 0.15) is 5.82 Å². The lowest BCUT2D eigenvalue weighted by Gasteiger charge is -2.39. The minimum absolute atomic E-state index is 0.106. The van der Waals surface area contributed by atoms with Gasteiger partial charge in [0.25, 0.3) is 0 Å². The number of halogens is 1. The summed E-state index contributed by atoms with van der Waals surface area (Å²) in [7, 11) is 0. The number of aromatic nitrogens is 1. The summed E-state index contributed by atoms with van der Waals surface area (Å²) in [6, 6.07) is 3.01. The van der Waals surface area contributed by atoms with Gasteiger partial charge in [-0.1, -0.05) is 20.8 Å². The predicted octanol–water partition coefficient (Wildman–Crippen LogP) is 3.37. The monoisotopic (exact) mass is 293 g/mol. The lowest BCUT2D eigenvalue weighted by molar-refractivity contribution is 0.110. The van der Waals surface area contributed by atoms with E-state index in [2.05, 4.69) is 30.7 Å². The van der Waals surface area contributed by atoms with Gasteiger partial charge in [-0.25, -0.2) is 4.39 Å². The molecule has 3 nitrogen and oxygen atoms in total. The van der Waals surface area contributed by atoms with Crippen LogP contribution in [0.2, 0.25) is 0 Å². The van der Waals surface area contributed by atoms with Crippen LogP contribution in [0.3, 0.4) is 0 Å². The Morgan fingerprint density at radius 2 is 2.00 bits per heavy atom. The fourth-order valence-corrected chi connectivity index (χ4v) is 3.10. The van der Waals surface area contributed by atoms with Crippen molar-refractivity contribution in [3.63, 3.8) is 0 Å². The Morgan fingerprint density at radius 1 is 1.33 bits per heavy atom. The van der Waals surface area contributed by atoms with Gasteiger partial charge in [0.15, 0.2) is 0 Å². The highest BCUT2D eigenvalue weighted by molar-refractivity contribution is 5.09. The fraction of sp³-hybridized carbons (Fsp3) is 0.706. The average molecular weight is 293 g/mol. The van der Waals surface area contributed by atoms with Crippen molar-refractivity contribution in [1.29, 1.82) is 0 Å². The summed E-state index contributed by atoms with van der Waals surface area (Å²) in [6.45, 7) is 10.3. The minimum Gasteiger partial charge on any atom is -0.323 e. The molecule has 1 aromatic rings. The molecule has 1 fully saturated rings. The van der Waals surface area contributed by atoms with Gasteiger partial charge >= 0.3 is 0 Å². The van der Waals surface area contributed by atoms with Crippen molar-refractivity contribution in [2.45, 2.75) is 46.1 Å². The molecule has 2 N–H and O–H groups in total. The van der Waals surface area contributed by atoms with Crippen molar-refractivity contribution < 1.29 is 4.39 Å². The zero-order valence-corrected chi connectivity index (χ0v) is 13.5. The summed E-state index contributed by atoms with van der Waals surface area (Å²) < 4.78 is 12.8. The van der Waals surface area contributed by atoms with Crippen molar-refractivity contribution >= 4 is 0 Å². The van der Waals surface area contributed by atoms with E-state index in [0.717, 1.165) is 37.7 Å². The quantitative estimate of drug-likeness (QED) is 0.925. The largest absolute Gasteiger partial charge is 0.323 e. The van der Waals surface area contributed by atoms with Gasteiger partial charge in [0.05, 0.1) is 11.9 Å². The molecule has 0 aliphatic carbocycles. The number of hydrogen-bond acceptors (Lipinski definition) is 3. The number of piperidine rings is 1. The molecule has 0 spiro atoms. The zero-order valence-electron chi connectivity index (χ0n) is 13.5. The van der Waals surface area contributed by atoms with E-state index in [1.54, 1.807) is 6.07 Å². The first kappa shape index (κ1) is 16.4. The number of nitrogens with two attached hydrogens (primary N) is 1. The Balaban J connectivity index is 1.76. The molecule has 1 saturated heterocycles. The molecule has 1 aromatic heterocycles. The molecule has 1 aliphatic heterocycles. The van der Waals surface area contributed by atoms with E-state index >= 15 is 0 Å². The van der Waals surface area contributed by atoms with Crippen molar-refractivity contribution in [2.24, 2.45) is 17.1 Å². The number of nitrogens with zero attached hydrogens (tertiary/aromatic N) is 2. The molecule has 2 heterocycles. The summed E-state index contributed by atoms with van der Waals surface area (Å²) in [6.07, 6.45) is 4.66. The molecule has 2 rings (SSSR count). The van der Waals surface area contributed by atoms with E-state index in [9.17, 15) is 4.39 Å². The molecular weight excluding hydrogens is 265 g/mol. The van der Waals surface area contributed by atoms with E-state index in [0.29, 0.717) is 5.41 Å². The first-order chi connectivity index (χ1) is 9.86.